The smallest absolute Gasteiger partial charge is 0.161 e. The maximum atomic E-state index is 14.0. The zero-order chi connectivity index (χ0) is 22.1. The monoisotopic (exact) mass is 430 g/mol. The van der Waals surface area contributed by atoms with Crippen LogP contribution in [0, 0.1) is 11.7 Å². The van der Waals surface area contributed by atoms with Gasteiger partial charge >= 0.3 is 0 Å². The molecule has 1 aliphatic rings. The highest BCUT2D eigenvalue weighted by molar-refractivity contribution is 5.41. The Hall–Kier alpha value is -2.15. The number of hydrogen-bond donors (Lipinski definition) is 1. The van der Waals surface area contributed by atoms with E-state index in [0.717, 1.165) is 56.7 Å². The molecule has 0 aromatic heterocycles. The van der Waals surface area contributed by atoms with Crippen LogP contribution in [0.15, 0.2) is 42.5 Å². The van der Waals surface area contributed by atoms with Gasteiger partial charge in [0.05, 0.1) is 13.2 Å². The van der Waals surface area contributed by atoms with Crippen LogP contribution in [0.2, 0.25) is 0 Å². The summed E-state index contributed by atoms with van der Waals surface area (Å²) in [5, 5.41) is 9.96. The molecule has 1 saturated heterocycles. The first-order valence-electron chi connectivity index (χ1n) is 11.2. The zero-order valence-electron chi connectivity index (χ0n) is 18.7. The Morgan fingerprint density at radius 3 is 2.65 bits per heavy atom. The Kier molecular flexibility index (Phi) is 9.13. The summed E-state index contributed by atoms with van der Waals surface area (Å²) >= 11 is 0. The van der Waals surface area contributed by atoms with Crippen molar-refractivity contribution in [2.24, 2.45) is 5.92 Å². The number of ether oxygens (including phenoxy) is 2. The van der Waals surface area contributed by atoms with Gasteiger partial charge in [-0.25, -0.2) is 4.39 Å². The number of piperidine rings is 1. The molecule has 0 aliphatic carbocycles. The molecule has 1 heterocycles. The van der Waals surface area contributed by atoms with E-state index < -0.39 is 0 Å². The molecule has 2 aromatic rings. The number of aromatic hydroxyl groups is 1. The number of nitrogens with zero attached hydrogens (tertiary/aromatic N) is 2. The highest BCUT2D eigenvalue weighted by Gasteiger charge is 2.22. The van der Waals surface area contributed by atoms with Gasteiger partial charge in [-0.1, -0.05) is 24.3 Å². The minimum absolute atomic E-state index is 0.115. The van der Waals surface area contributed by atoms with Crippen molar-refractivity contribution in [3.8, 4) is 11.5 Å². The van der Waals surface area contributed by atoms with Crippen molar-refractivity contribution in [2.45, 2.75) is 32.9 Å². The molecule has 0 amide bonds. The van der Waals surface area contributed by atoms with Crippen molar-refractivity contribution < 1.29 is 19.0 Å². The van der Waals surface area contributed by atoms with Crippen LogP contribution in [-0.4, -0.2) is 61.4 Å². The van der Waals surface area contributed by atoms with Crippen LogP contribution in [0.25, 0.3) is 0 Å². The number of rotatable bonds is 11. The fraction of sp³-hybridized carbons (Fsp3) is 0.520. The van der Waals surface area contributed by atoms with Crippen LogP contribution >= 0.6 is 0 Å². The molecule has 1 N–H and O–H groups in total. The summed E-state index contributed by atoms with van der Waals surface area (Å²) in [5.41, 5.74) is 1.90. The topological polar surface area (TPSA) is 45.2 Å². The molecule has 2 aromatic carbocycles. The van der Waals surface area contributed by atoms with Crippen molar-refractivity contribution in [3.05, 3.63) is 59.4 Å². The number of benzene rings is 2. The van der Waals surface area contributed by atoms with Crippen LogP contribution in [0.1, 0.15) is 30.9 Å². The third-order valence-electron chi connectivity index (χ3n) is 5.92. The van der Waals surface area contributed by atoms with E-state index in [2.05, 4.69) is 9.80 Å². The molecule has 0 spiro atoms. The molecule has 6 heteroatoms. The molecule has 31 heavy (non-hydrogen) atoms. The Balaban J connectivity index is 1.54. The molecule has 0 saturated carbocycles. The van der Waals surface area contributed by atoms with Gasteiger partial charge in [0.15, 0.2) is 11.5 Å². The van der Waals surface area contributed by atoms with Crippen molar-refractivity contribution in [3.63, 3.8) is 0 Å². The first kappa shape index (κ1) is 23.5. The average Bonchev–Trinajstić information content (AvgIpc) is 2.77. The molecule has 0 radical (unpaired) electrons. The predicted octanol–water partition coefficient (Wildman–Crippen LogP) is 4.29. The lowest BCUT2D eigenvalue weighted by atomic mass is 9.95. The van der Waals surface area contributed by atoms with Gasteiger partial charge in [-0.05, 0) is 62.5 Å². The van der Waals surface area contributed by atoms with Crippen LogP contribution in [0.5, 0.6) is 11.5 Å². The maximum absolute atomic E-state index is 14.0. The Bertz CT molecular complexity index is 809. The lowest BCUT2D eigenvalue weighted by Gasteiger charge is -2.35. The van der Waals surface area contributed by atoms with Crippen molar-refractivity contribution in [2.75, 3.05) is 46.5 Å². The molecule has 1 fully saturated rings. The Morgan fingerprint density at radius 2 is 1.94 bits per heavy atom. The molecular formula is C25H35FN2O3. The number of methoxy groups -OCH3 is 1. The van der Waals surface area contributed by atoms with Crippen molar-refractivity contribution in [1.82, 2.24) is 9.80 Å². The number of phenolic OH excluding ortho intramolecular Hbond substituents is 1. The quantitative estimate of drug-likeness (QED) is 0.576. The zero-order valence-corrected chi connectivity index (χ0v) is 18.7. The lowest BCUT2D eigenvalue weighted by molar-refractivity contribution is 0.106. The largest absolute Gasteiger partial charge is 0.504 e. The van der Waals surface area contributed by atoms with Gasteiger partial charge in [0, 0.05) is 38.9 Å². The normalized spacial score (nSPS) is 15.5. The number of hydrogen-bond acceptors (Lipinski definition) is 5. The van der Waals surface area contributed by atoms with Gasteiger partial charge < -0.3 is 14.6 Å². The standard InChI is InChI=1S/C25H35FN2O3/c1-3-31-25-16-21(8-9-24(25)29)18-28(14-15-30-2)17-20-10-12-27(13-11-20)19-22-6-4-5-7-23(22)26/h4-9,16,20,29H,3,10-15,17-19H2,1-2H3. The van der Waals surface area contributed by atoms with Gasteiger partial charge in [-0.2, -0.15) is 0 Å². The second-order valence-corrected chi connectivity index (χ2v) is 8.27. The fourth-order valence-electron chi connectivity index (χ4n) is 4.20. The van der Waals surface area contributed by atoms with Crippen LogP contribution in [-0.2, 0) is 17.8 Å². The van der Waals surface area contributed by atoms with E-state index >= 15 is 0 Å². The third-order valence-corrected chi connectivity index (χ3v) is 5.92. The third kappa shape index (κ3) is 7.20. The molecule has 0 bridgehead atoms. The van der Waals surface area contributed by atoms with Crippen LogP contribution in [0.4, 0.5) is 4.39 Å². The Morgan fingerprint density at radius 1 is 1.16 bits per heavy atom. The first-order valence-corrected chi connectivity index (χ1v) is 11.2. The summed E-state index contributed by atoms with van der Waals surface area (Å²) in [6.45, 7) is 8.43. The van der Waals surface area contributed by atoms with E-state index in [1.807, 2.05) is 31.2 Å². The van der Waals surface area contributed by atoms with Crippen LogP contribution < -0.4 is 4.74 Å². The van der Waals surface area contributed by atoms with Crippen molar-refractivity contribution in [1.29, 1.82) is 0 Å². The maximum Gasteiger partial charge on any atom is 0.161 e. The highest BCUT2D eigenvalue weighted by Crippen LogP contribution is 2.28. The van der Waals surface area contributed by atoms with Gasteiger partial charge in [0.2, 0.25) is 0 Å². The number of phenols is 1. The molecule has 0 unspecified atom stereocenters. The van der Waals surface area contributed by atoms with Gasteiger partial charge in [0.1, 0.15) is 5.82 Å². The molecule has 3 rings (SSSR count). The van der Waals surface area contributed by atoms with E-state index in [9.17, 15) is 9.50 Å². The van der Waals surface area contributed by atoms with Gasteiger partial charge in [0.25, 0.3) is 0 Å². The summed E-state index contributed by atoms with van der Waals surface area (Å²) in [7, 11) is 1.73. The van der Waals surface area contributed by atoms with Crippen LogP contribution in [0.3, 0.4) is 0 Å². The summed E-state index contributed by atoms with van der Waals surface area (Å²) in [6.07, 6.45) is 2.22. The summed E-state index contributed by atoms with van der Waals surface area (Å²) in [4.78, 5) is 4.77. The minimum Gasteiger partial charge on any atom is -0.504 e. The highest BCUT2D eigenvalue weighted by atomic mass is 19.1. The van der Waals surface area contributed by atoms with Crippen molar-refractivity contribution >= 4 is 0 Å². The van der Waals surface area contributed by atoms with E-state index in [4.69, 9.17) is 9.47 Å². The predicted molar refractivity (Wildman–Crippen MR) is 121 cm³/mol. The van der Waals surface area contributed by atoms with E-state index in [1.54, 1.807) is 19.2 Å². The molecule has 5 nitrogen and oxygen atoms in total. The molecule has 0 atom stereocenters. The SMILES string of the molecule is CCOc1cc(CN(CCOC)CC2CCN(Cc3ccccc3F)CC2)ccc1O. The number of likely N-dealkylation sites (tertiary alicyclic amines) is 1. The lowest BCUT2D eigenvalue weighted by Crippen LogP contribution is -2.39. The molecule has 170 valence electrons. The molecular weight excluding hydrogens is 395 g/mol. The second kappa shape index (κ2) is 12.0. The number of halogens is 1. The Labute approximate surface area is 185 Å². The van der Waals surface area contributed by atoms with E-state index in [0.29, 0.717) is 31.4 Å². The van der Waals surface area contributed by atoms with Gasteiger partial charge in [-0.15, -0.1) is 0 Å². The summed E-state index contributed by atoms with van der Waals surface area (Å²) in [5.74, 6) is 1.21. The summed E-state index contributed by atoms with van der Waals surface area (Å²) in [6, 6.07) is 12.6. The minimum atomic E-state index is -0.115. The first-order chi connectivity index (χ1) is 15.1. The average molecular weight is 431 g/mol. The van der Waals surface area contributed by atoms with E-state index in [1.165, 1.54) is 6.07 Å². The summed E-state index contributed by atoms with van der Waals surface area (Å²) < 4.78 is 24.8. The fourth-order valence-corrected chi connectivity index (χ4v) is 4.20. The molecule has 1 aliphatic heterocycles. The van der Waals surface area contributed by atoms with E-state index in [-0.39, 0.29) is 11.6 Å². The second-order valence-electron chi connectivity index (χ2n) is 8.27. The van der Waals surface area contributed by atoms with Gasteiger partial charge in [-0.3, -0.25) is 9.80 Å².